The highest BCUT2D eigenvalue weighted by Gasteiger charge is 2.05. The largest absolute Gasteiger partial charge is 0.387 e. The molecular weight excluding hydrogens is 380 g/mol. The lowest BCUT2D eigenvalue weighted by molar-refractivity contribution is 0.186. The summed E-state index contributed by atoms with van der Waals surface area (Å²) in [5, 5.41) is 9.45. The van der Waals surface area contributed by atoms with Crippen molar-refractivity contribution in [3.63, 3.8) is 0 Å². The summed E-state index contributed by atoms with van der Waals surface area (Å²) in [7, 11) is 0. The molecule has 0 fully saturated rings. The van der Waals surface area contributed by atoms with Crippen molar-refractivity contribution in [3.05, 3.63) is 30.9 Å². The van der Waals surface area contributed by atoms with Crippen molar-refractivity contribution in [3.8, 4) is 0 Å². The third-order valence-electron chi connectivity index (χ3n) is 1.49. The Balaban J connectivity index is 3.00. The molecule has 0 aromatic heterocycles. The van der Waals surface area contributed by atoms with E-state index in [1.807, 2.05) is 18.2 Å². The van der Waals surface area contributed by atoms with Crippen molar-refractivity contribution in [2.24, 2.45) is 5.73 Å². The topological polar surface area (TPSA) is 46.2 Å². The van der Waals surface area contributed by atoms with Crippen LogP contribution < -0.4 is 5.73 Å². The third kappa shape index (κ3) is 2.82. The second kappa shape index (κ2) is 4.73. The minimum atomic E-state index is -0.534. The molecule has 1 aromatic carbocycles. The lowest BCUT2D eigenvalue weighted by Crippen LogP contribution is -2.11. The van der Waals surface area contributed by atoms with E-state index in [1.54, 1.807) is 0 Å². The summed E-state index contributed by atoms with van der Waals surface area (Å²) < 4.78 is 2.25. The van der Waals surface area contributed by atoms with Gasteiger partial charge in [-0.2, -0.15) is 0 Å². The number of aliphatic hydroxyl groups excluding tert-OH is 1. The average molecular weight is 389 g/mol. The molecule has 1 unspecified atom stereocenters. The second-order valence-corrected chi connectivity index (χ2v) is 4.95. The molecular formula is C8H9I2NO. The molecule has 0 heterocycles. The SMILES string of the molecule is NCC(O)c1cc(I)cc(I)c1. The average Bonchev–Trinajstić information content (AvgIpc) is 2.01. The van der Waals surface area contributed by atoms with Gasteiger partial charge in [0, 0.05) is 13.7 Å². The lowest BCUT2D eigenvalue weighted by atomic mass is 10.1. The molecule has 1 aromatic rings. The molecule has 0 saturated heterocycles. The highest BCUT2D eigenvalue weighted by atomic mass is 127. The quantitative estimate of drug-likeness (QED) is 0.760. The maximum atomic E-state index is 9.45. The number of halogens is 2. The lowest BCUT2D eigenvalue weighted by Gasteiger charge is -2.08. The van der Waals surface area contributed by atoms with Crippen molar-refractivity contribution in [2.45, 2.75) is 6.10 Å². The standard InChI is InChI=1S/C8H9I2NO/c9-6-1-5(8(12)4-11)2-7(10)3-6/h1-3,8,12H,4,11H2. The van der Waals surface area contributed by atoms with E-state index in [4.69, 9.17) is 5.73 Å². The van der Waals surface area contributed by atoms with E-state index in [2.05, 4.69) is 45.2 Å². The van der Waals surface area contributed by atoms with E-state index in [0.717, 1.165) is 12.7 Å². The van der Waals surface area contributed by atoms with Gasteiger partial charge in [-0.05, 0) is 68.9 Å². The third-order valence-corrected chi connectivity index (χ3v) is 2.74. The minimum Gasteiger partial charge on any atom is -0.387 e. The maximum Gasteiger partial charge on any atom is 0.0912 e. The molecule has 2 nitrogen and oxygen atoms in total. The summed E-state index contributed by atoms with van der Waals surface area (Å²) in [5.74, 6) is 0. The van der Waals surface area contributed by atoms with Crippen LogP contribution >= 0.6 is 45.2 Å². The summed E-state index contributed by atoms with van der Waals surface area (Å²) in [6.07, 6.45) is -0.534. The van der Waals surface area contributed by atoms with Crippen LogP contribution in [0, 0.1) is 7.14 Å². The zero-order valence-electron chi connectivity index (χ0n) is 6.30. The monoisotopic (exact) mass is 389 g/mol. The number of rotatable bonds is 2. The van der Waals surface area contributed by atoms with Crippen molar-refractivity contribution in [1.82, 2.24) is 0 Å². The molecule has 0 aliphatic carbocycles. The van der Waals surface area contributed by atoms with E-state index in [-0.39, 0.29) is 6.54 Å². The number of nitrogens with two attached hydrogens (primary N) is 1. The van der Waals surface area contributed by atoms with E-state index < -0.39 is 6.10 Å². The first-order valence-electron chi connectivity index (χ1n) is 3.47. The minimum absolute atomic E-state index is 0.274. The molecule has 0 bridgehead atoms. The highest BCUT2D eigenvalue weighted by molar-refractivity contribution is 14.1. The zero-order chi connectivity index (χ0) is 9.14. The zero-order valence-corrected chi connectivity index (χ0v) is 10.6. The molecule has 0 aliphatic rings. The summed E-state index contributed by atoms with van der Waals surface area (Å²) in [6, 6.07) is 5.94. The van der Waals surface area contributed by atoms with Crippen LogP contribution in [0.3, 0.4) is 0 Å². The van der Waals surface area contributed by atoms with Crippen molar-refractivity contribution >= 4 is 45.2 Å². The first-order chi connectivity index (χ1) is 5.63. The Morgan fingerprint density at radius 3 is 2.17 bits per heavy atom. The van der Waals surface area contributed by atoms with Crippen LogP contribution in [-0.4, -0.2) is 11.7 Å². The number of hydrogen-bond acceptors (Lipinski definition) is 2. The summed E-state index contributed by atoms with van der Waals surface area (Å²) in [4.78, 5) is 0. The Labute approximate surface area is 98.8 Å². The molecule has 0 amide bonds. The van der Waals surface area contributed by atoms with Crippen molar-refractivity contribution in [2.75, 3.05) is 6.54 Å². The smallest absolute Gasteiger partial charge is 0.0912 e. The van der Waals surface area contributed by atoms with Gasteiger partial charge >= 0.3 is 0 Å². The molecule has 1 atom stereocenters. The fourth-order valence-electron chi connectivity index (χ4n) is 0.904. The van der Waals surface area contributed by atoms with Crippen LogP contribution in [0.15, 0.2) is 18.2 Å². The molecule has 1 rings (SSSR count). The molecule has 0 radical (unpaired) electrons. The first kappa shape index (κ1) is 10.7. The normalized spacial score (nSPS) is 13.0. The van der Waals surface area contributed by atoms with Gasteiger partial charge in [0.25, 0.3) is 0 Å². The van der Waals surface area contributed by atoms with Crippen LogP contribution in [0.25, 0.3) is 0 Å². The first-order valence-corrected chi connectivity index (χ1v) is 5.63. The van der Waals surface area contributed by atoms with Crippen LogP contribution in [0.4, 0.5) is 0 Å². The van der Waals surface area contributed by atoms with Gasteiger partial charge in [-0.15, -0.1) is 0 Å². The predicted molar refractivity (Wildman–Crippen MR) is 65.9 cm³/mol. The fourth-order valence-corrected chi connectivity index (χ4v) is 2.89. The number of aliphatic hydroxyl groups is 1. The molecule has 66 valence electrons. The van der Waals surface area contributed by atoms with E-state index in [9.17, 15) is 5.11 Å². The molecule has 0 aliphatic heterocycles. The highest BCUT2D eigenvalue weighted by Crippen LogP contribution is 2.19. The molecule has 0 spiro atoms. The Morgan fingerprint density at radius 1 is 1.25 bits per heavy atom. The Kier molecular flexibility index (Phi) is 4.21. The van der Waals surface area contributed by atoms with Crippen molar-refractivity contribution < 1.29 is 5.11 Å². The predicted octanol–water partition coefficient (Wildman–Crippen LogP) is 1.89. The Hall–Kier alpha value is 0.600. The molecule has 3 N–H and O–H groups in total. The van der Waals surface area contributed by atoms with Gasteiger partial charge in [0.15, 0.2) is 0 Å². The van der Waals surface area contributed by atoms with Crippen LogP contribution in [-0.2, 0) is 0 Å². The van der Waals surface area contributed by atoms with E-state index in [0.29, 0.717) is 0 Å². The van der Waals surface area contributed by atoms with Gasteiger partial charge in [0.2, 0.25) is 0 Å². The summed E-state index contributed by atoms with van der Waals surface area (Å²) in [6.45, 7) is 0.274. The molecule has 12 heavy (non-hydrogen) atoms. The van der Waals surface area contributed by atoms with Gasteiger partial charge in [-0.1, -0.05) is 0 Å². The Bertz CT molecular complexity index is 258. The fraction of sp³-hybridized carbons (Fsp3) is 0.250. The van der Waals surface area contributed by atoms with E-state index in [1.165, 1.54) is 0 Å². The molecule has 4 heteroatoms. The van der Waals surface area contributed by atoms with Crippen LogP contribution in [0.1, 0.15) is 11.7 Å². The maximum absolute atomic E-state index is 9.45. The van der Waals surface area contributed by atoms with Gasteiger partial charge < -0.3 is 10.8 Å². The Morgan fingerprint density at radius 2 is 1.75 bits per heavy atom. The van der Waals surface area contributed by atoms with Gasteiger partial charge in [-0.3, -0.25) is 0 Å². The van der Waals surface area contributed by atoms with Crippen molar-refractivity contribution in [1.29, 1.82) is 0 Å². The van der Waals surface area contributed by atoms with Gasteiger partial charge in [0.1, 0.15) is 0 Å². The van der Waals surface area contributed by atoms with Crippen LogP contribution in [0.5, 0.6) is 0 Å². The van der Waals surface area contributed by atoms with Gasteiger partial charge in [0.05, 0.1) is 6.10 Å². The number of hydrogen-bond donors (Lipinski definition) is 2. The summed E-state index contributed by atoms with van der Waals surface area (Å²) >= 11 is 4.45. The van der Waals surface area contributed by atoms with Gasteiger partial charge in [-0.25, -0.2) is 0 Å². The molecule has 0 saturated carbocycles. The second-order valence-electron chi connectivity index (χ2n) is 2.45. The van der Waals surface area contributed by atoms with Crippen LogP contribution in [0.2, 0.25) is 0 Å². The van der Waals surface area contributed by atoms with E-state index >= 15 is 0 Å². The number of benzene rings is 1. The summed E-state index contributed by atoms with van der Waals surface area (Å²) in [5.41, 5.74) is 6.25.